The monoisotopic (exact) mass is 639 g/mol. The van der Waals surface area contributed by atoms with Gasteiger partial charge in [-0.05, 0) is 0 Å². The molecule has 0 saturated heterocycles. The van der Waals surface area contributed by atoms with Gasteiger partial charge < -0.3 is 0 Å². The van der Waals surface area contributed by atoms with E-state index >= 15 is 0 Å². The third-order valence-electron chi connectivity index (χ3n) is 8.50. The normalized spacial score (nSPS) is 11.6. The van der Waals surface area contributed by atoms with Gasteiger partial charge in [-0.25, -0.2) is 0 Å². The fraction of sp³-hybridized carbons (Fsp3) is 0. The molecule has 3 nitrogen and oxygen atoms in total. The van der Waals surface area contributed by atoms with Gasteiger partial charge in [-0.15, -0.1) is 0 Å². The molecular weight excluding hydrogens is 613 g/mol. The molecule has 0 fully saturated rings. The van der Waals surface area contributed by atoms with E-state index in [0.717, 1.165) is 16.7 Å². The Morgan fingerprint density at radius 2 is 0.844 bits per heavy atom. The molecule has 9 rings (SSSR count). The number of nitrogens with zero attached hydrogens (tertiary/aromatic N) is 3. The fourth-order valence-corrected chi connectivity index (χ4v) is 9.07. The predicted molar refractivity (Wildman–Crippen MR) is 189 cm³/mol. The Balaban J connectivity index is 1.26. The molecule has 0 unspecified atom stereocenters. The van der Waals surface area contributed by atoms with Crippen molar-refractivity contribution in [2.24, 2.45) is 0 Å². The van der Waals surface area contributed by atoms with E-state index in [-0.39, 0.29) is 14.5 Å². The van der Waals surface area contributed by atoms with Gasteiger partial charge in [0, 0.05) is 0 Å². The maximum atomic E-state index is 5.15. The molecule has 0 atom stereocenters. The SMILES string of the molecule is c1ccc(-c2nc(-c3ccc4ccccc4c3)nc(-c3cccc4c3[se]c3c(-c5ccc6ccccc6c5)cccc34)n2)cc1. The Labute approximate surface area is 266 Å². The molecule has 45 heavy (non-hydrogen) atoms. The van der Waals surface area contributed by atoms with Crippen molar-refractivity contribution >= 4 is 55.3 Å². The van der Waals surface area contributed by atoms with Crippen molar-refractivity contribution in [1.29, 1.82) is 0 Å². The van der Waals surface area contributed by atoms with Gasteiger partial charge in [0.2, 0.25) is 0 Å². The van der Waals surface area contributed by atoms with Crippen LogP contribution in [0.25, 0.3) is 86.1 Å². The molecule has 0 aliphatic heterocycles. The van der Waals surface area contributed by atoms with Crippen LogP contribution in [-0.2, 0) is 0 Å². The number of fused-ring (bicyclic) bond motifs is 5. The quantitative estimate of drug-likeness (QED) is 0.180. The number of rotatable bonds is 4. The van der Waals surface area contributed by atoms with E-state index in [9.17, 15) is 0 Å². The van der Waals surface area contributed by atoms with Crippen LogP contribution in [0.3, 0.4) is 0 Å². The van der Waals surface area contributed by atoms with Crippen molar-refractivity contribution < 1.29 is 0 Å². The van der Waals surface area contributed by atoms with Crippen LogP contribution in [0.1, 0.15) is 0 Å². The molecule has 0 amide bonds. The first-order chi connectivity index (χ1) is 22.3. The van der Waals surface area contributed by atoms with Crippen LogP contribution < -0.4 is 0 Å². The summed E-state index contributed by atoms with van der Waals surface area (Å²) in [6, 6.07) is 53.7. The van der Waals surface area contributed by atoms with Gasteiger partial charge in [-0.3, -0.25) is 0 Å². The van der Waals surface area contributed by atoms with E-state index in [0.29, 0.717) is 17.5 Å². The second-order valence-corrected chi connectivity index (χ2v) is 13.4. The standard InChI is InChI=1S/C41H25N3Se/c1-2-12-28(13-3-1)39-42-40(32-23-21-27-11-5-7-15-30(27)25-32)44-41(43-39)36-19-9-18-35-34-17-8-16-33(37(34)45-38(35)36)31-22-20-26-10-4-6-14-29(26)24-31/h1-25H. The Bertz CT molecular complexity index is 2550. The van der Waals surface area contributed by atoms with Crippen molar-refractivity contribution in [3.05, 3.63) is 152 Å². The summed E-state index contributed by atoms with van der Waals surface area (Å²) in [4.78, 5) is 15.3. The number of benzene rings is 7. The summed E-state index contributed by atoms with van der Waals surface area (Å²) in [6.45, 7) is 0. The van der Waals surface area contributed by atoms with Crippen molar-refractivity contribution in [3.63, 3.8) is 0 Å². The third kappa shape index (κ3) is 4.55. The zero-order valence-electron chi connectivity index (χ0n) is 24.2. The molecule has 0 radical (unpaired) electrons. The first-order valence-electron chi connectivity index (χ1n) is 15.0. The Morgan fingerprint density at radius 1 is 0.333 bits per heavy atom. The van der Waals surface area contributed by atoms with E-state index in [1.54, 1.807) is 0 Å². The fourth-order valence-electron chi connectivity index (χ4n) is 6.25. The van der Waals surface area contributed by atoms with Gasteiger partial charge in [0.1, 0.15) is 0 Å². The summed E-state index contributed by atoms with van der Waals surface area (Å²) in [5.74, 6) is 2.08. The summed E-state index contributed by atoms with van der Waals surface area (Å²) in [6.07, 6.45) is 0. The topological polar surface area (TPSA) is 38.7 Å². The molecule has 210 valence electrons. The minimum atomic E-state index is 0.0755. The molecule has 0 bridgehead atoms. The molecule has 2 aromatic heterocycles. The van der Waals surface area contributed by atoms with Crippen LogP contribution in [-0.4, -0.2) is 29.5 Å². The third-order valence-corrected chi connectivity index (χ3v) is 11.2. The van der Waals surface area contributed by atoms with E-state index in [2.05, 4.69) is 133 Å². The summed E-state index contributed by atoms with van der Waals surface area (Å²) < 4.78 is 2.73. The van der Waals surface area contributed by atoms with E-state index in [4.69, 9.17) is 15.0 Å². The molecule has 0 N–H and O–H groups in total. The van der Waals surface area contributed by atoms with Gasteiger partial charge in [0.15, 0.2) is 0 Å². The Kier molecular flexibility index (Phi) is 6.15. The zero-order chi connectivity index (χ0) is 29.7. The zero-order valence-corrected chi connectivity index (χ0v) is 25.9. The molecule has 0 saturated carbocycles. The van der Waals surface area contributed by atoms with Gasteiger partial charge in [0.25, 0.3) is 0 Å². The van der Waals surface area contributed by atoms with E-state index in [1.807, 2.05) is 18.2 Å². The van der Waals surface area contributed by atoms with Gasteiger partial charge in [0.05, 0.1) is 0 Å². The van der Waals surface area contributed by atoms with Gasteiger partial charge in [-0.1, -0.05) is 0 Å². The van der Waals surface area contributed by atoms with Crippen molar-refractivity contribution in [2.75, 3.05) is 0 Å². The predicted octanol–water partition coefficient (Wildman–Crippen LogP) is 10.2. The van der Waals surface area contributed by atoms with Crippen molar-refractivity contribution in [1.82, 2.24) is 15.0 Å². The summed E-state index contributed by atoms with van der Waals surface area (Å²) in [5, 5.41) is 7.47. The van der Waals surface area contributed by atoms with Crippen LogP contribution in [0.15, 0.2) is 152 Å². The molecular formula is C41H25N3Se. The molecule has 0 spiro atoms. The van der Waals surface area contributed by atoms with Crippen LogP contribution in [0.5, 0.6) is 0 Å². The molecule has 9 aromatic rings. The van der Waals surface area contributed by atoms with Crippen LogP contribution >= 0.6 is 0 Å². The van der Waals surface area contributed by atoms with Crippen LogP contribution in [0.4, 0.5) is 0 Å². The molecule has 4 heteroatoms. The van der Waals surface area contributed by atoms with Gasteiger partial charge >= 0.3 is 267 Å². The second-order valence-electron chi connectivity index (χ2n) is 11.3. The summed E-state index contributed by atoms with van der Waals surface area (Å²) in [7, 11) is 0. The van der Waals surface area contributed by atoms with Crippen molar-refractivity contribution in [2.45, 2.75) is 0 Å². The molecule has 2 heterocycles. The summed E-state index contributed by atoms with van der Waals surface area (Å²) in [5.41, 5.74) is 5.59. The Morgan fingerprint density at radius 3 is 1.53 bits per heavy atom. The van der Waals surface area contributed by atoms with Gasteiger partial charge in [-0.2, -0.15) is 0 Å². The average Bonchev–Trinajstić information content (AvgIpc) is 3.51. The molecule has 0 aliphatic rings. The molecule has 7 aromatic carbocycles. The van der Waals surface area contributed by atoms with Crippen molar-refractivity contribution in [3.8, 4) is 45.3 Å². The Hall–Kier alpha value is -5.41. The first kappa shape index (κ1) is 26.0. The first-order valence-corrected chi connectivity index (χ1v) is 16.7. The number of hydrogen-bond acceptors (Lipinski definition) is 3. The van der Waals surface area contributed by atoms with E-state index < -0.39 is 0 Å². The van der Waals surface area contributed by atoms with Crippen LogP contribution in [0.2, 0.25) is 0 Å². The number of hydrogen-bond donors (Lipinski definition) is 0. The average molecular weight is 639 g/mol. The second kappa shape index (κ2) is 10.6. The van der Waals surface area contributed by atoms with E-state index in [1.165, 1.54) is 52.0 Å². The maximum absolute atomic E-state index is 5.15. The van der Waals surface area contributed by atoms with Crippen LogP contribution in [0, 0.1) is 0 Å². The summed E-state index contributed by atoms with van der Waals surface area (Å²) >= 11 is 0.0755. The molecule has 0 aliphatic carbocycles. The minimum absolute atomic E-state index is 0.0755. The number of aromatic nitrogens is 3.